The number of likely N-dealkylation sites (N-methyl/N-ethyl adjacent to an activating group) is 1. The van der Waals surface area contributed by atoms with Gasteiger partial charge in [0.15, 0.2) is 0 Å². The Morgan fingerprint density at radius 1 is 1.38 bits per heavy atom. The van der Waals surface area contributed by atoms with Crippen molar-refractivity contribution in [3.63, 3.8) is 0 Å². The van der Waals surface area contributed by atoms with Crippen molar-refractivity contribution in [1.82, 2.24) is 9.47 Å². The molecule has 84 valence electrons. The molecule has 1 aromatic heterocycles. The molecule has 0 saturated carbocycles. The second-order valence-electron chi connectivity index (χ2n) is 3.93. The lowest BCUT2D eigenvalue weighted by Crippen LogP contribution is -2.25. The van der Waals surface area contributed by atoms with Gasteiger partial charge in [0.2, 0.25) is 5.91 Å². The molecule has 3 nitrogen and oxygen atoms in total. The molecule has 0 aliphatic rings. The van der Waals surface area contributed by atoms with E-state index in [2.05, 4.69) is 0 Å². The maximum Gasteiger partial charge on any atom is 0.241 e. The van der Waals surface area contributed by atoms with Gasteiger partial charge in [-0.1, -0.05) is 0 Å². The van der Waals surface area contributed by atoms with E-state index in [9.17, 15) is 9.18 Å². The van der Waals surface area contributed by atoms with Crippen LogP contribution in [0.2, 0.25) is 0 Å². The van der Waals surface area contributed by atoms with Crippen LogP contribution in [-0.2, 0) is 11.3 Å². The quantitative estimate of drug-likeness (QED) is 0.758. The van der Waals surface area contributed by atoms with Crippen LogP contribution >= 0.6 is 0 Å². The van der Waals surface area contributed by atoms with E-state index >= 15 is 0 Å². The van der Waals surface area contributed by atoms with E-state index < -0.39 is 0 Å². The van der Waals surface area contributed by atoms with Crippen molar-refractivity contribution in [3.8, 4) is 0 Å². The molecule has 2 rings (SSSR count). The average molecular weight is 220 g/mol. The van der Waals surface area contributed by atoms with Crippen LogP contribution in [0.15, 0.2) is 30.5 Å². The lowest BCUT2D eigenvalue weighted by Gasteiger charge is -2.11. The molecule has 0 aliphatic carbocycles. The lowest BCUT2D eigenvalue weighted by molar-refractivity contribution is -0.129. The first-order chi connectivity index (χ1) is 7.58. The highest BCUT2D eigenvalue weighted by molar-refractivity contribution is 5.83. The fourth-order valence-electron chi connectivity index (χ4n) is 1.60. The van der Waals surface area contributed by atoms with Gasteiger partial charge in [-0.2, -0.15) is 0 Å². The Balaban J connectivity index is 2.35. The van der Waals surface area contributed by atoms with Gasteiger partial charge in [0, 0.05) is 31.2 Å². The van der Waals surface area contributed by atoms with Crippen molar-refractivity contribution in [2.24, 2.45) is 0 Å². The first kappa shape index (κ1) is 10.7. The molecule has 16 heavy (non-hydrogen) atoms. The van der Waals surface area contributed by atoms with Crippen molar-refractivity contribution < 1.29 is 9.18 Å². The van der Waals surface area contributed by atoms with Crippen molar-refractivity contribution in [2.75, 3.05) is 14.1 Å². The van der Waals surface area contributed by atoms with Crippen LogP contribution in [-0.4, -0.2) is 29.5 Å². The molecule has 4 heteroatoms. The SMILES string of the molecule is CN(C)C(=O)Cn1ccc2cc(F)ccc21. The van der Waals surface area contributed by atoms with E-state index in [1.807, 2.05) is 4.57 Å². The highest BCUT2D eigenvalue weighted by atomic mass is 19.1. The smallest absolute Gasteiger partial charge is 0.241 e. The fourth-order valence-corrected chi connectivity index (χ4v) is 1.60. The fraction of sp³-hybridized carbons (Fsp3) is 0.250. The second-order valence-corrected chi connectivity index (χ2v) is 3.93. The summed E-state index contributed by atoms with van der Waals surface area (Å²) in [6.45, 7) is 0.280. The Morgan fingerprint density at radius 2 is 2.12 bits per heavy atom. The zero-order valence-corrected chi connectivity index (χ0v) is 9.27. The molecule has 0 aliphatic heterocycles. The van der Waals surface area contributed by atoms with Crippen molar-refractivity contribution in [3.05, 3.63) is 36.3 Å². The van der Waals surface area contributed by atoms with E-state index in [1.54, 1.807) is 32.4 Å². The zero-order valence-electron chi connectivity index (χ0n) is 9.27. The molecule has 2 aromatic rings. The van der Waals surface area contributed by atoms with Gasteiger partial charge in [0.25, 0.3) is 0 Å². The molecule has 1 heterocycles. The predicted molar refractivity (Wildman–Crippen MR) is 60.6 cm³/mol. The number of hydrogen-bond donors (Lipinski definition) is 0. The Hall–Kier alpha value is -1.84. The molecule has 1 aromatic carbocycles. The monoisotopic (exact) mass is 220 g/mol. The number of carbonyl (C=O) groups is 1. The van der Waals surface area contributed by atoms with E-state index in [0.717, 1.165) is 10.9 Å². The molecule has 0 atom stereocenters. The molecule has 0 saturated heterocycles. The summed E-state index contributed by atoms with van der Waals surface area (Å²) in [5.41, 5.74) is 0.872. The van der Waals surface area contributed by atoms with E-state index in [-0.39, 0.29) is 18.3 Å². The summed E-state index contributed by atoms with van der Waals surface area (Å²) in [6.07, 6.45) is 1.80. The summed E-state index contributed by atoms with van der Waals surface area (Å²) in [7, 11) is 3.43. The van der Waals surface area contributed by atoms with Gasteiger partial charge in [0.1, 0.15) is 12.4 Å². The highest BCUT2D eigenvalue weighted by Crippen LogP contribution is 2.16. The van der Waals surface area contributed by atoms with Crippen LogP contribution in [0.25, 0.3) is 10.9 Å². The summed E-state index contributed by atoms with van der Waals surface area (Å²) in [4.78, 5) is 13.1. The Labute approximate surface area is 93.1 Å². The molecule has 0 bridgehead atoms. The maximum absolute atomic E-state index is 13.0. The summed E-state index contributed by atoms with van der Waals surface area (Å²) in [5, 5.41) is 0.812. The molecule has 1 amide bonds. The second kappa shape index (κ2) is 3.96. The van der Waals surface area contributed by atoms with Gasteiger partial charge >= 0.3 is 0 Å². The first-order valence-electron chi connectivity index (χ1n) is 5.02. The van der Waals surface area contributed by atoms with Gasteiger partial charge in [-0.15, -0.1) is 0 Å². The van der Waals surface area contributed by atoms with E-state index in [0.29, 0.717) is 0 Å². The number of amides is 1. The molecule has 0 unspecified atom stereocenters. The van der Waals surface area contributed by atoms with Gasteiger partial charge in [0.05, 0.1) is 0 Å². The number of fused-ring (bicyclic) bond motifs is 1. The minimum absolute atomic E-state index is 0.0156. The summed E-state index contributed by atoms with van der Waals surface area (Å²) >= 11 is 0. The van der Waals surface area contributed by atoms with Crippen LogP contribution < -0.4 is 0 Å². The van der Waals surface area contributed by atoms with Crippen molar-refractivity contribution in [1.29, 1.82) is 0 Å². The third-order valence-electron chi connectivity index (χ3n) is 2.54. The average Bonchev–Trinajstić information content (AvgIpc) is 2.60. The maximum atomic E-state index is 13.0. The third-order valence-corrected chi connectivity index (χ3v) is 2.54. The van der Waals surface area contributed by atoms with Crippen LogP contribution in [0, 0.1) is 5.82 Å². The standard InChI is InChI=1S/C12H13FN2O/c1-14(2)12(16)8-15-6-5-9-7-10(13)3-4-11(9)15/h3-7H,8H2,1-2H3. The minimum Gasteiger partial charge on any atom is -0.347 e. The number of rotatable bonds is 2. The number of nitrogens with zero attached hydrogens (tertiary/aromatic N) is 2. The van der Waals surface area contributed by atoms with Crippen molar-refractivity contribution in [2.45, 2.75) is 6.54 Å². The van der Waals surface area contributed by atoms with Crippen LogP contribution in [0.1, 0.15) is 0 Å². The highest BCUT2D eigenvalue weighted by Gasteiger charge is 2.07. The van der Waals surface area contributed by atoms with Gasteiger partial charge < -0.3 is 9.47 Å². The summed E-state index contributed by atoms with van der Waals surface area (Å²) in [6, 6.07) is 6.36. The molecule has 0 fully saturated rings. The van der Waals surface area contributed by atoms with Crippen LogP contribution in [0.4, 0.5) is 4.39 Å². The van der Waals surface area contributed by atoms with Gasteiger partial charge in [-0.25, -0.2) is 4.39 Å². The topological polar surface area (TPSA) is 25.2 Å². The number of benzene rings is 1. The van der Waals surface area contributed by atoms with Gasteiger partial charge in [-0.05, 0) is 24.3 Å². The van der Waals surface area contributed by atoms with E-state index in [4.69, 9.17) is 0 Å². The Bertz CT molecular complexity index is 531. The van der Waals surface area contributed by atoms with Crippen LogP contribution in [0.3, 0.4) is 0 Å². The van der Waals surface area contributed by atoms with Crippen molar-refractivity contribution >= 4 is 16.8 Å². The molecule has 0 radical (unpaired) electrons. The molecule has 0 N–H and O–H groups in total. The molecular weight excluding hydrogens is 207 g/mol. The molecule has 0 spiro atoms. The minimum atomic E-state index is -0.260. The number of carbonyl (C=O) groups excluding carboxylic acids is 1. The van der Waals surface area contributed by atoms with Gasteiger partial charge in [-0.3, -0.25) is 4.79 Å². The summed E-state index contributed by atoms with van der Waals surface area (Å²) < 4.78 is 14.8. The zero-order chi connectivity index (χ0) is 11.7. The molecular formula is C12H13FN2O. The number of halogens is 1. The normalized spacial score (nSPS) is 10.7. The lowest BCUT2D eigenvalue weighted by atomic mass is 10.2. The number of aromatic nitrogens is 1. The largest absolute Gasteiger partial charge is 0.347 e. The van der Waals surface area contributed by atoms with E-state index in [1.165, 1.54) is 17.0 Å². The third kappa shape index (κ3) is 1.91. The Kier molecular flexibility index (Phi) is 2.64. The van der Waals surface area contributed by atoms with Crippen LogP contribution in [0.5, 0.6) is 0 Å². The Morgan fingerprint density at radius 3 is 2.81 bits per heavy atom. The number of hydrogen-bond acceptors (Lipinski definition) is 1. The predicted octanol–water partition coefficient (Wildman–Crippen LogP) is 1.87. The first-order valence-corrected chi connectivity index (χ1v) is 5.02. The summed E-state index contributed by atoms with van der Waals surface area (Å²) in [5.74, 6) is -0.244.